The van der Waals surface area contributed by atoms with E-state index in [2.05, 4.69) is 16.0 Å². The average Bonchev–Trinajstić information content (AvgIpc) is 2.63. The third-order valence-electron chi connectivity index (χ3n) is 4.30. The zero-order valence-electron chi connectivity index (χ0n) is 15.3. The second-order valence-electron chi connectivity index (χ2n) is 6.67. The molecule has 28 heavy (non-hydrogen) atoms. The van der Waals surface area contributed by atoms with Crippen LogP contribution in [0, 0.1) is 12.7 Å². The summed E-state index contributed by atoms with van der Waals surface area (Å²) in [7, 11) is 0. The maximum atomic E-state index is 13.6. The van der Waals surface area contributed by atoms with Crippen LogP contribution < -0.4 is 16.0 Å². The summed E-state index contributed by atoms with van der Waals surface area (Å²) in [5.41, 5.74) is 1.67. The summed E-state index contributed by atoms with van der Waals surface area (Å²) in [4.78, 5) is 24.3. The highest BCUT2D eigenvalue weighted by atomic mass is 35.5. The van der Waals surface area contributed by atoms with Gasteiger partial charge in [0.05, 0.1) is 0 Å². The van der Waals surface area contributed by atoms with Crippen molar-refractivity contribution in [2.45, 2.75) is 37.1 Å². The number of anilines is 1. The molecule has 1 fully saturated rings. The van der Waals surface area contributed by atoms with Gasteiger partial charge in [-0.05, 0) is 42.3 Å². The van der Waals surface area contributed by atoms with E-state index in [0.29, 0.717) is 22.0 Å². The molecule has 1 heterocycles. The Labute approximate surface area is 172 Å². The van der Waals surface area contributed by atoms with Gasteiger partial charge in [-0.3, -0.25) is 14.9 Å². The largest absolute Gasteiger partial charge is 0.332 e. The first-order chi connectivity index (χ1) is 13.4. The molecule has 2 aromatic carbocycles. The molecular weight excluding hydrogens is 401 g/mol. The molecule has 2 amide bonds. The Hall–Kier alpha value is -2.09. The molecule has 0 aliphatic carbocycles. The Morgan fingerprint density at radius 1 is 1.32 bits per heavy atom. The highest BCUT2D eigenvalue weighted by Gasteiger charge is 2.27. The first kappa shape index (κ1) is 20.6. The number of rotatable bonds is 6. The van der Waals surface area contributed by atoms with E-state index in [1.807, 2.05) is 24.3 Å². The predicted octanol–water partition coefficient (Wildman–Crippen LogP) is 3.81. The Morgan fingerprint density at radius 3 is 2.89 bits per heavy atom. The second kappa shape index (κ2) is 9.41. The molecule has 0 radical (unpaired) electrons. The summed E-state index contributed by atoms with van der Waals surface area (Å²) in [5.74, 6) is -0.0823. The van der Waals surface area contributed by atoms with Gasteiger partial charge in [-0.2, -0.15) is 0 Å². The van der Waals surface area contributed by atoms with E-state index in [1.165, 1.54) is 17.8 Å². The normalized spacial score (nSPS) is 19.2. The van der Waals surface area contributed by atoms with Crippen LogP contribution in [0.15, 0.2) is 42.5 Å². The Balaban J connectivity index is 1.52. The van der Waals surface area contributed by atoms with Crippen LogP contribution in [0.1, 0.15) is 24.0 Å². The highest BCUT2D eigenvalue weighted by Crippen LogP contribution is 2.21. The summed E-state index contributed by atoms with van der Waals surface area (Å²) in [5, 5.41) is 9.48. The van der Waals surface area contributed by atoms with Gasteiger partial charge in [0.15, 0.2) is 0 Å². The fraction of sp³-hybridized carbons (Fsp3) is 0.300. The van der Waals surface area contributed by atoms with Crippen LogP contribution in [0.2, 0.25) is 5.02 Å². The molecule has 2 atom stereocenters. The van der Waals surface area contributed by atoms with Gasteiger partial charge < -0.3 is 10.6 Å². The van der Waals surface area contributed by atoms with Crippen LogP contribution in [-0.4, -0.2) is 23.4 Å². The van der Waals surface area contributed by atoms with Gasteiger partial charge >= 0.3 is 0 Å². The molecule has 2 unspecified atom stereocenters. The molecule has 148 valence electrons. The van der Waals surface area contributed by atoms with Crippen LogP contribution in [-0.2, 0) is 15.3 Å². The molecule has 2 aromatic rings. The number of halogens is 2. The quantitative estimate of drug-likeness (QED) is 0.663. The maximum absolute atomic E-state index is 13.6. The van der Waals surface area contributed by atoms with Crippen molar-refractivity contribution >= 4 is 40.9 Å². The number of aryl methyl sites for hydroxylation is 1. The lowest BCUT2D eigenvalue weighted by Gasteiger charge is -2.31. The topological polar surface area (TPSA) is 70.2 Å². The monoisotopic (exact) mass is 421 g/mol. The SMILES string of the molecule is Cc1ccc(NC(=O)CC2CC(=O)NC(SCc3cccc(Cl)c3)N2)cc1F. The molecule has 0 bridgehead atoms. The van der Waals surface area contributed by atoms with Crippen molar-refractivity contribution < 1.29 is 14.0 Å². The molecule has 3 N–H and O–H groups in total. The summed E-state index contributed by atoms with van der Waals surface area (Å²) < 4.78 is 13.6. The van der Waals surface area contributed by atoms with Gasteiger partial charge in [0.2, 0.25) is 11.8 Å². The first-order valence-electron chi connectivity index (χ1n) is 8.86. The third kappa shape index (κ3) is 5.95. The minimum atomic E-state index is -0.370. The van der Waals surface area contributed by atoms with Crippen molar-refractivity contribution in [3.8, 4) is 0 Å². The smallest absolute Gasteiger partial charge is 0.225 e. The van der Waals surface area contributed by atoms with Crippen LogP contribution in [0.25, 0.3) is 0 Å². The number of amides is 2. The van der Waals surface area contributed by atoms with Crippen molar-refractivity contribution in [3.05, 3.63) is 64.4 Å². The van der Waals surface area contributed by atoms with Gasteiger partial charge in [-0.1, -0.05) is 29.8 Å². The van der Waals surface area contributed by atoms with Crippen molar-refractivity contribution in [1.29, 1.82) is 0 Å². The predicted molar refractivity (Wildman–Crippen MR) is 111 cm³/mol. The van der Waals surface area contributed by atoms with E-state index in [1.54, 1.807) is 19.1 Å². The van der Waals surface area contributed by atoms with Crippen molar-refractivity contribution in [1.82, 2.24) is 10.6 Å². The fourth-order valence-electron chi connectivity index (χ4n) is 2.88. The second-order valence-corrected chi connectivity index (χ2v) is 8.20. The zero-order chi connectivity index (χ0) is 20.1. The lowest BCUT2D eigenvalue weighted by Crippen LogP contribution is -2.55. The van der Waals surface area contributed by atoms with E-state index in [-0.39, 0.29) is 42.0 Å². The highest BCUT2D eigenvalue weighted by molar-refractivity contribution is 7.99. The molecule has 1 aliphatic heterocycles. The lowest BCUT2D eigenvalue weighted by molar-refractivity contribution is -0.124. The van der Waals surface area contributed by atoms with Crippen LogP contribution in [0.5, 0.6) is 0 Å². The fourth-order valence-corrected chi connectivity index (χ4v) is 4.13. The number of hydrogen-bond acceptors (Lipinski definition) is 4. The number of nitrogens with one attached hydrogen (secondary N) is 3. The molecule has 1 saturated heterocycles. The van der Waals surface area contributed by atoms with Crippen LogP contribution in [0.3, 0.4) is 0 Å². The molecule has 5 nitrogen and oxygen atoms in total. The lowest BCUT2D eigenvalue weighted by atomic mass is 10.1. The number of hydrogen-bond donors (Lipinski definition) is 3. The number of carbonyl (C=O) groups excluding carboxylic acids is 2. The summed E-state index contributed by atoms with van der Waals surface area (Å²) in [6.07, 6.45) is 0.334. The zero-order valence-corrected chi connectivity index (χ0v) is 16.9. The van der Waals surface area contributed by atoms with Gasteiger partial charge in [0.1, 0.15) is 11.3 Å². The molecule has 0 spiro atoms. The molecule has 0 saturated carbocycles. The van der Waals surface area contributed by atoms with Crippen molar-refractivity contribution in [2.75, 3.05) is 5.32 Å². The van der Waals surface area contributed by atoms with E-state index >= 15 is 0 Å². The van der Waals surface area contributed by atoms with Crippen LogP contribution >= 0.6 is 23.4 Å². The summed E-state index contributed by atoms with van der Waals surface area (Å²) in [6, 6.07) is 11.8. The molecule has 8 heteroatoms. The Kier molecular flexibility index (Phi) is 6.93. The minimum absolute atomic E-state index is 0.110. The summed E-state index contributed by atoms with van der Waals surface area (Å²) in [6.45, 7) is 1.66. The molecule has 3 rings (SSSR count). The van der Waals surface area contributed by atoms with E-state index in [4.69, 9.17) is 11.6 Å². The Bertz CT molecular complexity index is 880. The van der Waals surface area contributed by atoms with Gasteiger partial charge in [0.25, 0.3) is 0 Å². The van der Waals surface area contributed by atoms with Crippen molar-refractivity contribution in [2.24, 2.45) is 0 Å². The van der Waals surface area contributed by atoms with Crippen LogP contribution in [0.4, 0.5) is 10.1 Å². The molecule has 1 aliphatic rings. The number of benzene rings is 2. The Morgan fingerprint density at radius 2 is 2.14 bits per heavy atom. The van der Waals surface area contributed by atoms with E-state index < -0.39 is 0 Å². The molecular formula is C20H21ClFN3O2S. The molecule has 0 aromatic heterocycles. The third-order valence-corrected chi connectivity index (χ3v) is 5.63. The average molecular weight is 422 g/mol. The van der Waals surface area contributed by atoms with Crippen molar-refractivity contribution in [3.63, 3.8) is 0 Å². The number of thioether (sulfide) groups is 1. The summed E-state index contributed by atoms with van der Waals surface area (Å²) >= 11 is 7.51. The minimum Gasteiger partial charge on any atom is -0.332 e. The standard InChI is InChI=1S/C20H21ClFN3O2S/c1-12-5-6-15(8-17(12)22)23-18(26)9-16-10-19(27)25-20(24-16)28-11-13-3-2-4-14(21)7-13/h2-8,16,20,24H,9-11H2,1H3,(H,23,26)(H,25,27). The van der Waals surface area contributed by atoms with Gasteiger partial charge in [0, 0.05) is 35.3 Å². The maximum Gasteiger partial charge on any atom is 0.225 e. The first-order valence-corrected chi connectivity index (χ1v) is 10.3. The van der Waals surface area contributed by atoms with E-state index in [9.17, 15) is 14.0 Å². The van der Waals surface area contributed by atoms with Gasteiger partial charge in [-0.15, -0.1) is 11.8 Å². The van der Waals surface area contributed by atoms with E-state index in [0.717, 1.165) is 5.56 Å². The number of carbonyl (C=O) groups is 2. The van der Waals surface area contributed by atoms with Gasteiger partial charge in [-0.25, -0.2) is 4.39 Å².